The molecule has 2 fully saturated rings. The molecule has 6 nitrogen and oxygen atoms in total. The molecule has 2 saturated carbocycles. The molecule has 36 heavy (non-hydrogen) atoms. The maximum absolute atomic E-state index is 12.7. The van der Waals surface area contributed by atoms with Crippen molar-refractivity contribution in [3.05, 3.63) is 0 Å². The number of halogens is 9. The monoisotopic (exact) mass is 546 g/mol. The summed E-state index contributed by atoms with van der Waals surface area (Å²) in [6, 6.07) is 0. The number of rotatable bonds is 10. The molecule has 0 amide bonds. The van der Waals surface area contributed by atoms with Crippen molar-refractivity contribution in [1.82, 2.24) is 0 Å². The van der Waals surface area contributed by atoms with E-state index in [-0.39, 0.29) is 18.3 Å². The first kappa shape index (κ1) is 30.5. The van der Waals surface area contributed by atoms with Crippen LogP contribution in [0.25, 0.3) is 0 Å². The molecule has 0 spiro atoms. The van der Waals surface area contributed by atoms with Crippen LogP contribution in [-0.2, 0) is 19.1 Å². The zero-order valence-corrected chi connectivity index (χ0v) is 19.1. The predicted octanol–water partition coefficient (Wildman–Crippen LogP) is 4.46. The third-order valence-corrected chi connectivity index (χ3v) is 6.99. The van der Waals surface area contributed by atoms with E-state index in [1.807, 2.05) is 0 Å². The Bertz CT molecular complexity index is 776. The van der Waals surface area contributed by atoms with E-state index in [1.165, 1.54) is 0 Å². The largest absolute Gasteiger partial charge is 0.465 e. The highest BCUT2D eigenvalue weighted by Crippen LogP contribution is 2.53. The summed E-state index contributed by atoms with van der Waals surface area (Å²) in [5, 5.41) is 18.5. The number of hydrogen-bond donors (Lipinski definition) is 2. The van der Waals surface area contributed by atoms with E-state index < -0.39 is 86.0 Å². The number of fused-ring (bicyclic) bond motifs is 2. The van der Waals surface area contributed by atoms with Crippen LogP contribution >= 0.6 is 0 Å². The van der Waals surface area contributed by atoms with Crippen LogP contribution in [-0.4, -0.2) is 65.1 Å². The Morgan fingerprint density at radius 2 is 1.11 bits per heavy atom. The molecular weight excluding hydrogens is 519 g/mol. The highest BCUT2D eigenvalue weighted by atomic mass is 19.4. The highest BCUT2D eigenvalue weighted by Gasteiger charge is 2.69. The van der Waals surface area contributed by atoms with Crippen molar-refractivity contribution in [1.29, 1.82) is 0 Å². The van der Waals surface area contributed by atoms with Gasteiger partial charge in [-0.1, -0.05) is 0 Å². The molecule has 15 heteroatoms. The summed E-state index contributed by atoms with van der Waals surface area (Å²) in [7, 11) is 0. The zero-order valence-electron chi connectivity index (χ0n) is 19.1. The molecule has 0 aromatic heterocycles. The average molecular weight is 546 g/mol. The van der Waals surface area contributed by atoms with Gasteiger partial charge < -0.3 is 19.7 Å². The smallest absolute Gasteiger partial charge is 0.426 e. The summed E-state index contributed by atoms with van der Waals surface area (Å²) in [5.74, 6) is -4.57. The molecule has 0 aliphatic heterocycles. The van der Waals surface area contributed by atoms with Crippen LogP contribution in [0.5, 0.6) is 0 Å². The normalized spacial score (nSPS) is 26.6. The van der Waals surface area contributed by atoms with E-state index in [0.29, 0.717) is 26.2 Å². The van der Waals surface area contributed by atoms with Gasteiger partial charge in [0, 0.05) is 0 Å². The van der Waals surface area contributed by atoms with Crippen LogP contribution in [0.15, 0.2) is 0 Å². The Labute approximate surface area is 200 Å². The summed E-state index contributed by atoms with van der Waals surface area (Å²) < 4.78 is 124. The summed E-state index contributed by atoms with van der Waals surface area (Å²) in [6.07, 6.45) is -19.2. The van der Waals surface area contributed by atoms with Gasteiger partial charge in [-0.3, -0.25) is 9.59 Å². The molecule has 0 aromatic rings. The van der Waals surface area contributed by atoms with Crippen molar-refractivity contribution in [2.24, 2.45) is 23.7 Å². The molecule has 5 unspecified atom stereocenters. The number of carbonyl (C=O) groups excluding carboxylic acids is 2. The Kier molecular flexibility index (Phi) is 8.92. The van der Waals surface area contributed by atoms with E-state index in [0.717, 1.165) is 0 Å². The van der Waals surface area contributed by atoms with Crippen LogP contribution < -0.4 is 0 Å². The first-order valence-electron chi connectivity index (χ1n) is 11.2. The van der Waals surface area contributed by atoms with Gasteiger partial charge >= 0.3 is 30.5 Å². The minimum atomic E-state index is -6.00. The quantitative estimate of drug-likeness (QED) is 0.239. The van der Waals surface area contributed by atoms with Gasteiger partial charge in [0.05, 0.1) is 25.0 Å². The molecule has 0 radical (unpaired) electrons. The van der Waals surface area contributed by atoms with Crippen molar-refractivity contribution in [3.8, 4) is 0 Å². The van der Waals surface area contributed by atoms with Crippen molar-refractivity contribution in [2.45, 2.75) is 81.6 Å². The lowest BCUT2D eigenvalue weighted by molar-refractivity contribution is -0.370. The molecule has 0 heterocycles. The summed E-state index contributed by atoms with van der Waals surface area (Å²) in [4.78, 5) is 25.1. The standard InChI is InChI=1S/C21H27F9O6/c1-17(33,19(22,23)24)6-2-8-35-15(31)13-11-4-5-12(10-11)14(13)16(32)36-9-3-7-18(34,20(25,26)27)21(28,29)30/h11-14,33-34H,2-10H2,1H3. The zero-order chi connectivity index (χ0) is 27.7. The van der Waals surface area contributed by atoms with E-state index in [9.17, 15) is 54.2 Å². The molecule has 2 aliphatic carbocycles. The van der Waals surface area contributed by atoms with Gasteiger partial charge in [0.25, 0.3) is 5.60 Å². The SMILES string of the molecule is CC(O)(CCCOC(=O)C1C2CCC(C2)C1C(=O)OCCCC(O)(C(F)(F)F)C(F)(F)F)C(F)(F)F. The maximum atomic E-state index is 12.7. The van der Waals surface area contributed by atoms with Crippen LogP contribution in [0.3, 0.4) is 0 Å². The Morgan fingerprint density at radius 3 is 1.47 bits per heavy atom. The van der Waals surface area contributed by atoms with Gasteiger partial charge in [-0.2, -0.15) is 39.5 Å². The molecule has 210 valence electrons. The fourth-order valence-corrected chi connectivity index (χ4v) is 4.84. The molecule has 5 atom stereocenters. The van der Waals surface area contributed by atoms with Gasteiger partial charge in [-0.25, -0.2) is 0 Å². The highest BCUT2D eigenvalue weighted by molar-refractivity contribution is 5.83. The van der Waals surface area contributed by atoms with Crippen LogP contribution in [0.2, 0.25) is 0 Å². The molecule has 2 N–H and O–H groups in total. The number of alkyl halides is 9. The lowest BCUT2D eigenvalue weighted by atomic mass is 9.79. The fraction of sp³-hybridized carbons (Fsp3) is 0.905. The molecule has 2 bridgehead atoms. The third-order valence-electron chi connectivity index (χ3n) is 6.99. The summed E-state index contributed by atoms with van der Waals surface area (Å²) >= 11 is 0. The summed E-state index contributed by atoms with van der Waals surface area (Å²) in [5.41, 5.74) is -7.95. The molecule has 2 rings (SSSR count). The van der Waals surface area contributed by atoms with Gasteiger partial charge in [-0.15, -0.1) is 0 Å². The van der Waals surface area contributed by atoms with Crippen LogP contribution in [0.1, 0.15) is 51.9 Å². The van der Waals surface area contributed by atoms with Crippen LogP contribution in [0.4, 0.5) is 39.5 Å². The predicted molar refractivity (Wildman–Crippen MR) is 102 cm³/mol. The van der Waals surface area contributed by atoms with E-state index in [2.05, 4.69) is 0 Å². The van der Waals surface area contributed by atoms with Crippen molar-refractivity contribution in [3.63, 3.8) is 0 Å². The van der Waals surface area contributed by atoms with Crippen molar-refractivity contribution < 1.29 is 68.8 Å². The van der Waals surface area contributed by atoms with E-state index >= 15 is 0 Å². The van der Waals surface area contributed by atoms with Crippen molar-refractivity contribution >= 4 is 11.9 Å². The maximum Gasteiger partial charge on any atom is 0.426 e. The van der Waals surface area contributed by atoms with Gasteiger partial charge in [0.1, 0.15) is 0 Å². The third kappa shape index (κ3) is 6.37. The first-order valence-corrected chi connectivity index (χ1v) is 11.2. The second-order valence-corrected chi connectivity index (χ2v) is 9.55. The van der Waals surface area contributed by atoms with Gasteiger partial charge in [0.15, 0.2) is 5.60 Å². The molecule has 0 aromatic carbocycles. The van der Waals surface area contributed by atoms with E-state index in [1.54, 1.807) is 0 Å². The second-order valence-electron chi connectivity index (χ2n) is 9.55. The van der Waals surface area contributed by atoms with Crippen LogP contribution in [0, 0.1) is 23.7 Å². The van der Waals surface area contributed by atoms with Crippen molar-refractivity contribution in [2.75, 3.05) is 13.2 Å². The Morgan fingerprint density at radius 1 is 0.722 bits per heavy atom. The lowest BCUT2D eigenvalue weighted by Gasteiger charge is -2.32. The first-order chi connectivity index (χ1) is 16.2. The second kappa shape index (κ2) is 10.5. The number of esters is 2. The minimum absolute atomic E-state index is 0.293. The number of carbonyl (C=O) groups is 2. The van der Waals surface area contributed by atoms with E-state index in [4.69, 9.17) is 14.6 Å². The molecule has 0 saturated heterocycles. The van der Waals surface area contributed by atoms with Gasteiger partial charge in [0.2, 0.25) is 0 Å². The molecular formula is C21H27F9O6. The number of hydrogen-bond acceptors (Lipinski definition) is 6. The average Bonchev–Trinajstić information content (AvgIpc) is 3.33. The Hall–Kier alpha value is -1.77. The number of aliphatic hydroxyl groups is 2. The minimum Gasteiger partial charge on any atom is -0.465 e. The lowest BCUT2D eigenvalue weighted by Crippen LogP contribution is -2.56. The molecule has 2 aliphatic rings. The number of ether oxygens (including phenoxy) is 2. The van der Waals surface area contributed by atoms with Gasteiger partial charge in [-0.05, 0) is 63.7 Å². The summed E-state index contributed by atoms with van der Waals surface area (Å²) in [6.45, 7) is -0.759. The topological polar surface area (TPSA) is 93.1 Å². The fourth-order valence-electron chi connectivity index (χ4n) is 4.84. The Balaban J connectivity index is 1.90.